The Morgan fingerprint density at radius 1 is 1.23 bits per heavy atom. The van der Waals surface area contributed by atoms with E-state index < -0.39 is 19.0 Å². The summed E-state index contributed by atoms with van der Waals surface area (Å²) in [6.07, 6.45) is 1.40. The maximum absolute atomic E-state index is 12.2. The smallest absolute Gasteiger partial charge is 0.426 e. The Morgan fingerprint density at radius 2 is 1.92 bits per heavy atom. The second-order valence-corrected chi connectivity index (χ2v) is 6.03. The van der Waals surface area contributed by atoms with Crippen LogP contribution in [0, 0.1) is 0 Å². The molecule has 7 heteroatoms. The molecule has 0 aliphatic heterocycles. The van der Waals surface area contributed by atoms with Crippen molar-refractivity contribution < 1.29 is 19.6 Å². The predicted molar refractivity (Wildman–Crippen MR) is 102 cm³/mol. The average molecular weight is 354 g/mol. The highest BCUT2D eigenvalue weighted by molar-refractivity contribution is 6.43. The van der Waals surface area contributed by atoms with Gasteiger partial charge in [-0.1, -0.05) is 49.0 Å². The Labute approximate surface area is 153 Å². The van der Waals surface area contributed by atoms with Gasteiger partial charge in [0, 0.05) is 6.54 Å². The normalized spacial score (nSPS) is 11.7. The molecule has 136 valence electrons. The molecule has 1 unspecified atom stereocenters. The molecule has 0 saturated carbocycles. The Morgan fingerprint density at radius 3 is 2.54 bits per heavy atom. The Kier molecular flexibility index (Phi) is 6.94. The summed E-state index contributed by atoms with van der Waals surface area (Å²) >= 11 is 0. The summed E-state index contributed by atoms with van der Waals surface area (Å²) in [4.78, 5) is 25.2. The fraction of sp³-hybridized carbons (Fsp3) is 0.263. The van der Waals surface area contributed by atoms with E-state index in [9.17, 15) is 19.6 Å². The topological polar surface area (TPSA) is 89.9 Å². The van der Waals surface area contributed by atoms with Gasteiger partial charge in [0.2, 0.25) is 11.8 Å². The van der Waals surface area contributed by atoms with Crippen molar-refractivity contribution in [2.75, 3.05) is 13.1 Å². The molecule has 0 aliphatic carbocycles. The van der Waals surface area contributed by atoms with E-state index in [-0.39, 0.29) is 18.9 Å². The lowest BCUT2D eigenvalue weighted by atomic mass is 9.75. The van der Waals surface area contributed by atoms with E-state index in [1.54, 1.807) is 6.92 Å². The highest BCUT2D eigenvalue weighted by Gasteiger charge is 2.26. The van der Waals surface area contributed by atoms with Crippen molar-refractivity contribution in [1.82, 2.24) is 10.2 Å². The standard InChI is InChI=1S/C19H23BN2O4/c1-3-19(24)22(4-2)13-18(23)21-17(20(25)26)12-14-9-10-15-7-5-6-8-16(15)11-14/h3,5-11,17,25-26H,1,4,12-13H2,2H3,(H,21,23). The molecule has 3 N–H and O–H groups in total. The van der Waals surface area contributed by atoms with Gasteiger partial charge >= 0.3 is 7.12 Å². The third kappa shape index (κ3) is 5.18. The molecule has 2 aromatic carbocycles. The number of amides is 2. The van der Waals surface area contributed by atoms with Crippen LogP contribution in [0.5, 0.6) is 0 Å². The molecule has 1 atom stereocenters. The number of carbonyl (C=O) groups is 2. The van der Waals surface area contributed by atoms with Gasteiger partial charge < -0.3 is 20.3 Å². The fourth-order valence-corrected chi connectivity index (χ4v) is 2.75. The molecule has 0 aliphatic rings. The van der Waals surface area contributed by atoms with Crippen LogP contribution in [0.3, 0.4) is 0 Å². The van der Waals surface area contributed by atoms with Crippen LogP contribution in [0.15, 0.2) is 55.1 Å². The molecule has 2 aromatic rings. The number of likely N-dealkylation sites (N-methyl/N-ethyl adjacent to an activating group) is 1. The predicted octanol–water partition coefficient (Wildman–Crippen LogP) is 0.914. The molecule has 0 saturated heterocycles. The quantitative estimate of drug-likeness (QED) is 0.486. The second kappa shape index (κ2) is 9.17. The molecule has 0 radical (unpaired) electrons. The first-order chi connectivity index (χ1) is 12.4. The number of hydrogen-bond donors (Lipinski definition) is 3. The summed E-state index contributed by atoms with van der Waals surface area (Å²) in [6.45, 7) is 5.35. The first-order valence-corrected chi connectivity index (χ1v) is 8.49. The molecule has 2 amide bonds. The van der Waals surface area contributed by atoms with Crippen LogP contribution in [-0.2, 0) is 16.0 Å². The summed E-state index contributed by atoms with van der Waals surface area (Å²) in [5, 5.41) is 24.0. The van der Waals surface area contributed by atoms with Crippen LogP contribution in [0.2, 0.25) is 0 Å². The highest BCUT2D eigenvalue weighted by Crippen LogP contribution is 2.17. The van der Waals surface area contributed by atoms with Crippen LogP contribution in [-0.4, -0.2) is 52.9 Å². The van der Waals surface area contributed by atoms with Crippen molar-refractivity contribution in [2.45, 2.75) is 19.3 Å². The third-order valence-corrected chi connectivity index (χ3v) is 4.18. The number of benzene rings is 2. The van der Waals surface area contributed by atoms with Crippen LogP contribution in [0.25, 0.3) is 10.8 Å². The van der Waals surface area contributed by atoms with Gasteiger partial charge in [0.15, 0.2) is 0 Å². The van der Waals surface area contributed by atoms with E-state index in [1.807, 2.05) is 42.5 Å². The van der Waals surface area contributed by atoms with E-state index in [1.165, 1.54) is 4.90 Å². The lowest BCUT2D eigenvalue weighted by Gasteiger charge is -2.22. The Hall–Kier alpha value is -2.64. The fourth-order valence-electron chi connectivity index (χ4n) is 2.75. The van der Waals surface area contributed by atoms with Crippen LogP contribution >= 0.6 is 0 Å². The minimum Gasteiger partial charge on any atom is -0.426 e. The number of fused-ring (bicyclic) bond motifs is 1. The van der Waals surface area contributed by atoms with E-state index in [2.05, 4.69) is 11.9 Å². The molecule has 2 rings (SSSR count). The number of hydrogen-bond acceptors (Lipinski definition) is 4. The number of rotatable bonds is 8. The van der Waals surface area contributed by atoms with Crippen LogP contribution in [0.4, 0.5) is 0 Å². The summed E-state index contributed by atoms with van der Waals surface area (Å²) in [7, 11) is -1.71. The van der Waals surface area contributed by atoms with Gasteiger partial charge in [-0.2, -0.15) is 0 Å². The van der Waals surface area contributed by atoms with Gasteiger partial charge in [-0.3, -0.25) is 9.59 Å². The molecule has 0 fully saturated rings. The molecule has 0 bridgehead atoms. The molecular formula is C19H23BN2O4. The van der Waals surface area contributed by atoms with Crippen molar-refractivity contribution in [3.05, 3.63) is 60.7 Å². The molecule has 6 nitrogen and oxygen atoms in total. The highest BCUT2D eigenvalue weighted by atomic mass is 16.4. The van der Waals surface area contributed by atoms with Gasteiger partial charge in [0.05, 0.1) is 12.5 Å². The zero-order chi connectivity index (χ0) is 19.1. The molecular weight excluding hydrogens is 331 g/mol. The zero-order valence-corrected chi connectivity index (χ0v) is 14.8. The van der Waals surface area contributed by atoms with Gasteiger partial charge in [-0.05, 0) is 35.8 Å². The molecule has 0 heterocycles. The third-order valence-electron chi connectivity index (χ3n) is 4.18. The summed E-state index contributed by atoms with van der Waals surface area (Å²) in [6, 6.07) is 13.7. The lowest BCUT2D eigenvalue weighted by Crippen LogP contribution is -2.51. The average Bonchev–Trinajstić information content (AvgIpc) is 2.64. The van der Waals surface area contributed by atoms with Gasteiger partial charge in [0.1, 0.15) is 0 Å². The first kappa shape index (κ1) is 19.7. The minimum atomic E-state index is -1.71. The SMILES string of the molecule is C=CC(=O)N(CC)CC(=O)NC(Cc1ccc2ccccc2c1)B(O)O. The van der Waals surface area contributed by atoms with E-state index in [0.717, 1.165) is 22.4 Å². The van der Waals surface area contributed by atoms with E-state index >= 15 is 0 Å². The van der Waals surface area contributed by atoms with Crippen molar-refractivity contribution in [2.24, 2.45) is 0 Å². The lowest BCUT2D eigenvalue weighted by molar-refractivity contribution is -0.132. The molecule has 0 aromatic heterocycles. The number of nitrogens with one attached hydrogen (secondary N) is 1. The maximum atomic E-state index is 12.2. The van der Waals surface area contributed by atoms with E-state index in [0.29, 0.717) is 6.54 Å². The van der Waals surface area contributed by atoms with Crippen molar-refractivity contribution in [1.29, 1.82) is 0 Å². The second-order valence-electron chi connectivity index (χ2n) is 6.03. The van der Waals surface area contributed by atoms with Crippen molar-refractivity contribution in [3.8, 4) is 0 Å². The summed E-state index contributed by atoms with van der Waals surface area (Å²) < 4.78 is 0. The molecule has 0 spiro atoms. The number of nitrogens with zero attached hydrogens (tertiary/aromatic N) is 1. The molecule has 26 heavy (non-hydrogen) atoms. The zero-order valence-electron chi connectivity index (χ0n) is 14.8. The maximum Gasteiger partial charge on any atom is 0.475 e. The summed E-state index contributed by atoms with van der Waals surface area (Å²) in [5.74, 6) is -1.68. The Balaban J connectivity index is 2.06. The largest absolute Gasteiger partial charge is 0.475 e. The van der Waals surface area contributed by atoms with Gasteiger partial charge in [-0.15, -0.1) is 0 Å². The van der Waals surface area contributed by atoms with E-state index in [4.69, 9.17) is 0 Å². The van der Waals surface area contributed by atoms with Gasteiger partial charge in [-0.25, -0.2) is 0 Å². The Bertz CT molecular complexity index is 794. The number of carbonyl (C=O) groups excluding carboxylic acids is 2. The van der Waals surface area contributed by atoms with Crippen molar-refractivity contribution >= 4 is 29.7 Å². The summed E-state index contributed by atoms with van der Waals surface area (Å²) in [5.41, 5.74) is 0.872. The monoisotopic (exact) mass is 354 g/mol. The first-order valence-electron chi connectivity index (χ1n) is 8.49. The van der Waals surface area contributed by atoms with Crippen LogP contribution < -0.4 is 5.32 Å². The minimum absolute atomic E-state index is 0.164. The van der Waals surface area contributed by atoms with Gasteiger partial charge in [0.25, 0.3) is 0 Å². The van der Waals surface area contributed by atoms with Crippen LogP contribution in [0.1, 0.15) is 12.5 Å². The van der Waals surface area contributed by atoms with Crippen molar-refractivity contribution in [3.63, 3.8) is 0 Å².